The van der Waals surface area contributed by atoms with Gasteiger partial charge in [0.2, 0.25) is 5.91 Å². The van der Waals surface area contributed by atoms with E-state index in [-0.39, 0.29) is 23.5 Å². The lowest BCUT2D eigenvalue weighted by Gasteiger charge is -2.26. The number of fused-ring (bicyclic) bond motifs is 1. The topological polar surface area (TPSA) is 110 Å². The van der Waals surface area contributed by atoms with Gasteiger partial charge in [-0.3, -0.25) is 9.59 Å². The summed E-state index contributed by atoms with van der Waals surface area (Å²) in [4.78, 5) is 37.5. The molecule has 0 aromatic heterocycles. The molecule has 27 heavy (non-hydrogen) atoms. The van der Waals surface area contributed by atoms with Crippen molar-refractivity contribution in [3.63, 3.8) is 0 Å². The molecule has 0 bridgehead atoms. The van der Waals surface area contributed by atoms with Gasteiger partial charge in [0.05, 0.1) is 17.1 Å². The van der Waals surface area contributed by atoms with E-state index in [2.05, 4.69) is 5.32 Å². The van der Waals surface area contributed by atoms with Gasteiger partial charge in [0.1, 0.15) is 0 Å². The van der Waals surface area contributed by atoms with Crippen LogP contribution in [0.1, 0.15) is 35.7 Å². The summed E-state index contributed by atoms with van der Waals surface area (Å²) in [5.41, 5.74) is 1.84. The van der Waals surface area contributed by atoms with Gasteiger partial charge in [-0.25, -0.2) is 13.2 Å². The minimum atomic E-state index is -3.10. The van der Waals surface area contributed by atoms with Crippen molar-refractivity contribution in [1.82, 2.24) is 4.90 Å². The molecule has 0 saturated carbocycles. The third-order valence-corrected chi connectivity index (χ3v) is 6.62. The summed E-state index contributed by atoms with van der Waals surface area (Å²) < 4.78 is 28.4. The fourth-order valence-corrected chi connectivity index (χ4v) is 5.19. The first kappa shape index (κ1) is 19.3. The Morgan fingerprint density at radius 3 is 2.74 bits per heavy atom. The number of benzene rings is 1. The number of sulfone groups is 1. The first-order valence-corrected chi connectivity index (χ1v) is 10.7. The van der Waals surface area contributed by atoms with Crippen LogP contribution in [0.3, 0.4) is 0 Å². The highest BCUT2D eigenvalue weighted by Gasteiger charge is 2.34. The van der Waals surface area contributed by atoms with Crippen molar-refractivity contribution >= 4 is 33.3 Å². The van der Waals surface area contributed by atoms with Crippen LogP contribution in [0.25, 0.3) is 0 Å². The van der Waals surface area contributed by atoms with Crippen molar-refractivity contribution in [2.24, 2.45) is 0 Å². The number of rotatable bonds is 5. The van der Waals surface area contributed by atoms with Crippen molar-refractivity contribution < 1.29 is 27.5 Å². The number of hydrogen-bond donors (Lipinski definition) is 1. The molecule has 3 rings (SSSR count). The molecule has 2 heterocycles. The molecule has 2 aliphatic rings. The van der Waals surface area contributed by atoms with Gasteiger partial charge < -0.3 is 15.0 Å². The molecule has 146 valence electrons. The normalized spacial score (nSPS) is 20.5. The van der Waals surface area contributed by atoms with E-state index in [4.69, 9.17) is 4.74 Å². The molecule has 0 radical (unpaired) electrons. The van der Waals surface area contributed by atoms with Crippen LogP contribution >= 0.6 is 0 Å². The average Bonchev–Trinajstić information content (AvgIpc) is 2.99. The number of carbonyl (C=O) groups is 3. The predicted octanol–water partition coefficient (Wildman–Crippen LogP) is 0.764. The fourth-order valence-electron chi connectivity index (χ4n) is 3.46. The van der Waals surface area contributed by atoms with Crippen molar-refractivity contribution in [3.8, 4) is 0 Å². The SMILES string of the molecule is CCN(C(=O)COC(=O)c1ccc2c(c1)CCC(=O)N2)C1CCS(=O)(=O)C1. The minimum absolute atomic E-state index is 0.0446. The minimum Gasteiger partial charge on any atom is -0.452 e. The van der Waals surface area contributed by atoms with Gasteiger partial charge in [-0.05, 0) is 43.5 Å². The van der Waals surface area contributed by atoms with Crippen LogP contribution < -0.4 is 5.32 Å². The Bertz CT molecular complexity index is 880. The predicted molar refractivity (Wildman–Crippen MR) is 98.1 cm³/mol. The number of esters is 1. The van der Waals surface area contributed by atoms with E-state index in [1.54, 1.807) is 25.1 Å². The quantitative estimate of drug-likeness (QED) is 0.739. The van der Waals surface area contributed by atoms with Gasteiger partial charge in [-0.2, -0.15) is 0 Å². The standard InChI is InChI=1S/C18H22N2O6S/c1-2-20(14-7-8-27(24,25)11-14)17(22)10-26-18(23)13-3-5-15-12(9-13)4-6-16(21)19-15/h3,5,9,14H,2,4,6-8,10-11H2,1H3,(H,19,21). The van der Waals surface area contributed by atoms with E-state index in [1.165, 1.54) is 4.90 Å². The Kier molecular flexibility index (Phi) is 5.50. The Morgan fingerprint density at radius 1 is 1.30 bits per heavy atom. The highest BCUT2D eigenvalue weighted by atomic mass is 32.2. The second kappa shape index (κ2) is 7.67. The van der Waals surface area contributed by atoms with Gasteiger partial charge in [0, 0.05) is 24.7 Å². The second-order valence-corrected chi connectivity index (χ2v) is 8.96. The van der Waals surface area contributed by atoms with Crippen LogP contribution in [0, 0.1) is 0 Å². The lowest BCUT2D eigenvalue weighted by Crippen LogP contribution is -2.43. The summed E-state index contributed by atoms with van der Waals surface area (Å²) >= 11 is 0. The summed E-state index contributed by atoms with van der Waals surface area (Å²) in [5.74, 6) is -1.06. The first-order valence-electron chi connectivity index (χ1n) is 8.89. The van der Waals surface area contributed by atoms with E-state index in [9.17, 15) is 22.8 Å². The highest BCUT2D eigenvalue weighted by molar-refractivity contribution is 7.91. The van der Waals surface area contributed by atoms with Crippen LogP contribution in [0.15, 0.2) is 18.2 Å². The van der Waals surface area contributed by atoms with Gasteiger partial charge in [0.15, 0.2) is 16.4 Å². The van der Waals surface area contributed by atoms with Crippen LogP contribution in [0.2, 0.25) is 0 Å². The number of carbonyl (C=O) groups excluding carboxylic acids is 3. The summed E-state index contributed by atoms with van der Waals surface area (Å²) in [5, 5.41) is 2.74. The van der Waals surface area contributed by atoms with Gasteiger partial charge in [-0.1, -0.05) is 0 Å². The molecule has 0 spiro atoms. The molecular weight excluding hydrogens is 372 g/mol. The van der Waals surface area contributed by atoms with E-state index < -0.39 is 28.3 Å². The van der Waals surface area contributed by atoms with Gasteiger partial charge >= 0.3 is 5.97 Å². The maximum absolute atomic E-state index is 12.4. The smallest absolute Gasteiger partial charge is 0.338 e. The number of nitrogens with zero attached hydrogens (tertiary/aromatic N) is 1. The molecule has 8 nitrogen and oxygen atoms in total. The van der Waals surface area contributed by atoms with E-state index in [0.29, 0.717) is 37.1 Å². The Morgan fingerprint density at radius 2 is 2.07 bits per heavy atom. The van der Waals surface area contributed by atoms with Crippen LogP contribution in [-0.2, 0) is 30.6 Å². The molecule has 0 aliphatic carbocycles. The Hall–Kier alpha value is -2.42. The van der Waals surface area contributed by atoms with Crippen molar-refractivity contribution in [1.29, 1.82) is 0 Å². The molecule has 1 fully saturated rings. The van der Waals surface area contributed by atoms with Gasteiger partial charge in [0.25, 0.3) is 5.91 Å². The molecule has 1 saturated heterocycles. The van der Waals surface area contributed by atoms with Crippen molar-refractivity contribution in [2.45, 2.75) is 32.2 Å². The molecule has 2 aliphatic heterocycles. The summed E-state index contributed by atoms with van der Waals surface area (Å²) in [6.45, 7) is 1.69. The molecule has 1 N–H and O–H groups in total. The maximum atomic E-state index is 12.4. The van der Waals surface area contributed by atoms with Crippen molar-refractivity contribution in [3.05, 3.63) is 29.3 Å². The molecule has 1 aromatic rings. The number of anilines is 1. The third-order valence-electron chi connectivity index (χ3n) is 4.87. The molecule has 9 heteroatoms. The Labute approximate surface area is 157 Å². The third kappa shape index (κ3) is 4.47. The van der Waals surface area contributed by atoms with E-state index in [1.807, 2.05) is 0 Å². The molecule has 1 aromatic carbocycles. The summed E-state index contributed by atoms with van der Waals surface area (Å²) in [7, 11) is -3.10. The average molecular weight is 394 g/mol. The Balaban J connectivity index is 1.60. The number of nitrogens with one attached hydrogen (secondary N) is 1. The molecule has 2 amide bonds. The number of aryl methyl sites for hydroxylation is 1. The zero-order chi connectivity index (χ0) is 19.6. The lowest BCUT2D eigenvalue weighted by atomic mass is 10.0. The largest absolute Gasteiger partial charge is 0.452 e. The zero-order valence-corrected chi connectivity index (χ0v) is 15.9. The second-order valence-electron chi connectivity index (χ2n) is 6.73. The number of likely N-dealkylation sites (N-methyl/N-ethyl adjacent to an activating group) is 1. The van der Waals surface area contributed by atoms with Crippen LogP contribution in [0.5, 0.6) is 0 Å². The van der Waals surface area contributed by atoms with Gasteiger partial charge in [-0.15, -0.1) is 0 Å². The maximum Gasteiger partial charge on any atom is 0.338 e. The van der Waals surface area contributed by atoms with E-state index >= 15 is 0 Å². The fraction of sp³-hybridized carbons (Fsp3) is 0.500. The van der Waals surface area contributed by atoms with Crippen LogP contribution in [-0.4, -0.2) is 61.8 Å². The monoisotopic (exact) mass is 394 g/mol. The van der Waals surface area contributed by atoms with Crippen molar-refractivity contribution in [2.75, 3.05) is 30.0 Å². The van der Waals surface area contributed by atoms with Crippen LogP contribution in [0.4, 0.5) is 5.69 Å². The zero-order valence-electron chi connectivity index (χ0n) is 15.1. The summed E-state index contributed by atoms with van der Waals surface area (Å²) in [6, 6.07) is 4.48. The number of ether oxygens (including phenoxy) is 1. The molecule has 1 atom stereocenters. The highest BCUT2D eigenvalue weighted by Crippen LogP contribution is 2.24. The number of hydrogen-bond acceptors (Lipinski definition) is 6. The lowest BCUT2D eigenvalue weighted by molar-refractivity contribution is -0.136. The molecular formula is C18H22N2O6S. The number of amides is 2. The summed E-state index contributed by atoms with van der Waals surface area (Å²) in [6.07, 6.45) is 1.31. The molecule has 1 unspecified atom stereocenters. The first-order chi connectivity index (χ1) is 12.8. The van der Waals surface area contributed by atoms with E-state index in [0.717, 1.165) is 5.56 Å².